The minimum absolute atomic E-state index is 0.648. The fourth-order valence-corrected chi connectivity index (χ4v) is 1.24. The lowest BCUT2D eigenvalue weighted by molar-refractivity contribution is 0.0968. The SMILES string of the molecule is C1CCOCC1.CCCC1CO1. The molecule has 2 heteroatoms. The van der Waals surface area contributed by atoms with E-state index in [1.165, 1.54) is 32.1 Å². The van der Waals surface area contributed by atoms with Gasteiger partial charge in [-0.3, -0.25) is 0 Å². The van der Waals surface area contributed by atoms with Gasteiger partial charge in [0.05, 0.1) is 12.7 Å². The van der Waals surface area contributed by atoms with Crippen LogP contribution in [0.25, 0.3) is 0 Å². The predicted molar refractivity (Wildman–Crippen MR) is 49.3 cm³/mol. The number of hydrogen-bond donors (Lipinski definition) is 0. The molecule has 0 spiro atoms. The molecule has 0 bridgehead atoms. The molecule has 2 rings (SSSR count). The first-order chi connectivity index (χ1) is 5.93. The number of rotatable bonds is 2. The van der Waals surface area contributed by atoms with Crippen molar-refractivity contribution < 1.29 is 9.47 Å². The molecule has 1 unspecified atom stereocenters. The van der Waals surface area contributed by atoms with Crippen LogP contribution < -0.4 is 0 Å². The zero-order valence-electron chi connectivity index (χ0n) is 8.05. The average Bonchev–Trinajstić information content (AvgIpc) is 2.93. The van der Waals surface area contributed by atoms with Crippen molar-refractivity contribution in [2.24, 2.45) is 0 Å². The maximum absolute atomic E-state index is 5.07. The summed E-state index contributed by atoms with van der Waals surface area (Å²) in [5.41, 5.74) is 0. The van der Waals surface area contributed by atoms with E-state index in [-0.39, 0.29) is 0 Å². The van der Waals surface area contributed by atoms with Crippen molar-refractivity contribution in [3.05, 3.63) is 0 Å². The molecule has 0 aromatic carbocycles. The maximum atomic E-state index is 5.07. The molecule has 2 aliphatic heterocycles. The van der Waals surface area contributed by atoms with Gasteiger partial charge >= 0.3 is 0 Å². The highest BCUT2D eigenvalue weighted by molar-refractivity contribution is 4.66. The van der Waals surface area contributed by atoms with Gasteiger partial charge in [-0.15, -0.1) is 0 Å². The van der Waals surface area contributed by atoms with Gasteiger partial charge in [0.25, 0.3) is 0 Å². The van der Waals surface area contributed by atoms with E-state index in [0.717, 1.165) is 19.8 Å². The molecule has 0 aliphatic carbocycles. The van der Waals surface area contributed by atoms with Crippen LogP contribution in [-0.2, 0) is 9.47 Å². The van der Waals surface area contributed by atoms with Gasteiger partial charge in [-0.1, -0.05) is 13.3 Å². The van der Waals surface area contributed by atoms with E-state index < -0.39 is 0 Å². The van der Waals surface area contributed by atoms with Crippen LogP contribution >= 0.6 is 0 Å². The maximum Gasteiger partial charge on any atom is 0.0809 e. The fraction of sp³-hybridized carbons (Fsp3) is 1.00. The molecular weight excluding hydrogens is 152 g/mol. The van der Waals surface area contributed by atoms with Gasteiger partial charge in [-0.2, -0.15) is 0 Å². The highest BCUT2D eigenvalue weighted by atomic mass is 16.6. The highest BCUT2D eigenvalue weighted by Gasteiger charge is 2.19. The van der Waals surface area contributed by atoms with Gasteiger partial charge < -0.3 is 9.47 Å². The van der Waals surface area contributed by atoms with Crippen LogP contribution in [0, 0.1) is 0 Å². The molecule has 2 nitrogen and oxygen atoms in total. The van der Waals surface area contributed by atoms with E-state index in [9.17, 15) is 0 Å². The summed E-state index contributed by atoms with van der Waals surface area (Å²) >= 11 is 0. The van der Waals surface area contributed by atoms with Crippen LogP contribution in [0.15, 0.2) is 0 Å². The van der Waals surface area contributed by atoms with Gasteiger partial charge in [-0.05, 0) is 25.7 Å². The monoisotopic (exact) mass is 172 g/mol. The predicted octanol–water partition coefficient (Wildman–Crippen LogP) is 2.37. The second-order valence-electron chi connectivity index (χ2n) is 3.42. The van der Waals surface area contributed by atoms with Crippen LogP contribution in [0.2, 0.25) is 0 Å². The molecule has 2 aliphatic rings. The van der Waals surface area contributed by atoms with Crippen molar-refractivity contribution in [1.29, 1.82) is 0 Å². The number of hydrogen-bond acceptors (Lipinski definition) is 2. The zero-order valence-corrected chi connectivity index (χ0v) is 8.05. The molecule has 1 atom stereocenters. The van der Waals surface area contributed by atoms with Crippen molar-refractivity contribution in [2.45, 2.75) is 45.1 Å². The van der Waals surface area contributed by atoms with Crippen molar-refractivity contribution >= 4 is 0 Å². The van der Waals surface area contributed by atoms with Crippen molar-refractivity contribution in [2.75, 3.05) is 19.8 Å². The first-order valence-corrected chi connectivity index (χ1v) is 5.13. The Morgan fingerprint density at radius 2 is 1.83 bits per heavy atom. The Labute approximate surface area is 75.2 Å². The van der Waals surface area contributed by atoms with Crippen LogP contribution in [0.4, 0.5) is 0 Å². The summed E-state index contributed by atoms with van der Waals surface area (Å²) in [5, 5.41) is 0. The van der Waals surface area contributed by atoms with Crippen molar-refractivity contribution in [1.82, 2.24) is 0 Å². The molecule has 0 aromatic rings. The molecule has 2 saturated heterocycles. The van der Waals surface area contributed by atoms with E-state index in [2.05, 4.69) is 6.92 Å². The summed E-state index contributed by atoms with van der Waals surface area (Å²) in [6.07, 6.45) is 7.11. The molecule has 2 fully saturated rings. The summed E-state index contributed by atoms with van der Waals surface area (Å²) in [5.74, 6) is 0. The highest BCUT2D eigenvalue weighted by Crippen LogP contribution is 2.14. The van der Waals surface area contributed by atoms with E-state index in [0.29, 0.717) is 6.10 Å². The molecule has 2 heterocycles. The Kier molecular flexibility index (Phi) is 5.37. The summed E-state index contributed by atoms with van der Waals surface area (Å²) in [6.45, 7) is 5.20. The lowest BCUT2D eigenvalue weighted by Crippen LogP contribution is -2.03. The first-order valence-electron chi connectivity index (χ1n) is 5.13. The zero-order chi connectivity index (χ0) is 8.65. The molecule has 0 amide bonds. The van der Waals surface area contributed by atoms with Crippen LogP contribution in [0.1, 0.15) is 39.0 Å². The van der Waals surface area contributed by atoms with E-state index >= 15 is 0 Å². The molecule has 0 saturated carbocycles. The van der Waals surface area contributed by atoms with Crippen LogP contribution in [0.5, 0.6) is 0 Å². The Bertz CT molecular complexity index is 84.5. The number of ether oxygens (including phenoxy) is 2. The minimum Gasteiger partial charge on any atom is -0.381 e. The molecule has 12 heavy (non-hydrogen) atoms. The lowest BCUT2D eigenvalue weighted by Gasteiger charge is -2.08. The third kappa shape index (κ3) is 5.56. The normalized spacial score (nSPS) is 27.2. The third-order valence-electron chi connectivity index (χ3n) is 2.09. The second-order valence-corrected chi connectivity index (χ2v) is 3.42. The lowest BCUT2D eigenvalue weighted by atomic mass is 10.2. The van der Waals surface area contributed by atoms with Gasteiger partial charge in [0, 0.05) is 13.2 Å². The van der Waals surface area contributed by atoms with Gasteiger partial charge in [-0.25, -0.2) is 0 Å². The molecule has 72 valence electrons. The van der Waals surface area contributed by atoms with E-state index in [4.69, 9.17) is 9.47 Å². The van der Waals surface area contributed by atoms with Crippen LogP contribution in [0.3, 0.4) is 0 Å². The third-order valence-corrected chi connectivity index (χ3v) is 2.09. The second kappa shape index (κ2) is 6.44. The summed E-state index contributed by atoms with van der Waals surface area (Å²) in [4.78, 5) is 0. The van der Waals surface area contributed by atoms with E-state index in [1.54, 1.807) is 0 Å². The van der Waals surface area contributed by atoms with Crippen molar-refractivity contribution in [3.63, 3.8) is 0 Å². The largest absolute Gasteiger partial charge is 0.381 e. The Morgan fingerprint density at radius 1 is 1.17 bits per heavy atom. The molecular formula is C10H20O2. The molecule has 0 aromatic heterocycles. The summed E-state index contributed by atoms with van der Waals surface area (Å²) < 4.78 is 10.0. The Morgan fingerprint density at radius 3 is 2.00 bits per heavy atom. The average molecular weight is 172 g/mol. The van der Waals surface area contributed by atoms with Crippen LogP contribution in [-0.4, -0.2) is 25.9 Å². The van der Waals surface area contributed by atoms with Crippen molar-refractivity contribution in [3.8, 4) is 0 Å². The number of epoxide rings is 1. The Hall–Kier alpha value is -0.0800. The first kappa shape index (κ1) is 10.0. The Balaban J connectivity index is 0.000000120. The standard InChI is InChI=1S/2C5H10O/c1-2-3-5-4-6-5;1-2-4-6-5-3-1/h5H,2-4H2,1H3;1-5H2. The summed E-state index contributed by atoms with van der Waals surface area (Å²) in [7, 11) is 0. The molecule has 0 radical (unpaired) electrons. The smallest absolute Gasteiger partial charge is 0.0809 e. The quantitative estimate of drug-likeness (QED) is 0.596. The van der Waals surface area contributed by atoms with Gasteiger partial charge in [0.1, 0.15) is 0 Å². The molecule has 0 N–H and O–H groups in total. The van der Waals surface area contributed by atoms with Gasteiger partial charge in [0.2, 0.25) is 0 Å². The summed E-state index contributed by atoms with van der Waals surface area (Å²) in [6, 6.07) is 0. The topological polar surface area (TPSA) is 21.8 Å². The fourth-order valence-electron chi connectivity index (χ4n) is 1.24. The van der Waals surface area contributed by atoms with Gasteiger partial charge in [0.15, 0.2) is 0 Å². The van der Waals surface area contributed by atoms with E-state index in [1.807, 2.05) is 0 Å². The minimum atomic E-state index is 0.648.